The Labute approximate surface area is 139 Å². The van der Waals surface area contributed by atoms with E-state index in [0.29, 0.717) is 23.6 Å². The van der Waals surface area contributed by atoms with Crippen LogP contribution in [0.2, 0.25) is 0 Å². The Hall–Kier alpha value is -2.96. The summed E-state index contributed by atoms with van der Waals surface area (Å²) in [7, 11) is 0. The summed E-state index contributed by atoms with van der Waals surface area (Å²) in [5, 5.41) is 8.27. The SMILES string of the molecule is CCC(=O)Nc1cccc(-c2nn(C(C)C)c3ncnc(N)c23)c1. The number of benzene rings is 1. The molecule has 3 N–H and O–H groups in total. The van der Waals surface area contributed by atoms with Crippen LogP contribution >= 0.6 is 0 Å². The smallest absolute Gasteiger partial charge is 0.224 e. The zero-order valence-corrected chi connectivity index (χ0v) is 13.9. The number of nitrogens with one attached hydrogen (secondary N) is 1. The summed E-state index contributed by atoms with van der Waals surface area (Å²) in [6.45, 7) is 5.88. The van der Waals surface area contributed by atoms with Gasteiger partial charge in [0.15, 0.2) is 5.65 Å². The van der Waals surface area contributed by atoms with Crippen molar-refractivity contribution < 1.29 is 4.79 Å². The second-order valence-corrected chi connectivity index (χ2v) is 5.83. The predicted molar refractivity (Wildman–Crippen MR) is 94.5 cm³/mol. The van der Waals surface area contributed by atoms with Crippen LogP contribution in [0.4, 0.5) is 11.5 Å². The van der Waals surface area contributed by atoms with Gasteiger partial charge in [0.05, 0.1) is 5.39 Å². The van der Waals surface area contributed by atoms with Crippen molar-refractivity contribution in [2.24, 2.45) is 0 Å². The van der Waals surface area contributed by atoms with E-state index in [1.54, 1.807) is 0 Å². The number of hydrogen-bond acceptors (Lipinski definition) is 5. The van der Waals surface area contributed by atoms with E-state index < -0.39 is 0 Å². The average molecular weight is 324 g/mol. The van der Waals surface area contributed by atoms with Crippen LogP contribution in [0.1, 0.15) is 33.2 Å². The maximum absolute atomic E-state index is 11.6. The van der Waals surface area contributed by atoms with Gasteiger partial charge in [-0.1, -0.05) is 19.1 Å². The summed E-state index contributed by atoms with van der Waals surface area (Å²) in [4.78, 5) is 20.0. The van der Waals surface area contributed by atoms with Crippen molar-refractivity contribution in [3.8, 4) is 11.3 Å². The number of anilines is 2. The number of nitrogens with two attached hydrogens (primary N) is 1. The molecule has 3 aromatic rings. The molecular formula is C17H20N6O. The summed E-state index contributed by atoms with van der Waals surface area (Å²) in [5.74, 6) is 0.359. The average Bonchev–Trinajstić information content (AvgIpc) is 2.96. The summed E-state index contributed by atoms with van der Waals surface area (Å²) in [5.41, 5.74) is 9.07. The third-order valence-electron chi connectivity index (χ3n) is 3.75. The Balaban J connectivity index is 2.16. The molecule has 2 aromatic heterocycles. The fourth-order valence-corrected chi connectivity index (χ4v) is 2.55. The Bertz CT molecular complexity index is 899. The van der Waals surface area contributed by atoms with Gasteiger partial charge < -0.3 is 11.1 Å². The first-order valence-electron chi connectivity index (χ1n) is 7.90. The van der Waals surface area contributed by atoms with E-state index in [1.165, 1.54) is 6.33 Å². The zero-order valence-electron chi connectivity index (χ0n) is 13.9. The van der Waals surface area contributed by atoms with E-state index in [4.69, 9.17) is 5.73 Å². The number of carbonyl (C=O) groups excluding carboxylic acids is 1. The molecule has 0 bridgehead atoms. The van der Waals surface area contributed by atoms with Gasteiger partial charge >= 0.3 is 0 Å². The summed E-state index contributed by atoms with van der Waals surface area (Å²) >= 11 is 0. The van der Waals surface area contributed by atoms with E-state index in [2.05, 4.69) is 20.4 Å². The molecule has 7 heteroatoms. The highest BCUT2D eigenvalue weighted by Crippen LogP contribution is 2.32. The van der Waals surface area contributed by atoms with Gasteiger partial charge in [0.1, 0.15) is 17.8 Å². The van der Waals surface area contributed by atoms with Crippen LogP contribution in [0.15, 0.2) is 30.6 Å². The lowest BCUT2D eigenvalue weighted by atomic mass is 10.1. The molecule has 0 saturated heterocycles. The molecule has 24 heavy (non-hydrogen) atoms. The number of hydrogen-bond donors (Lipinski definition) is 2. The quantitative estimate of drug-likeness (QED) is 0.768. The minimum absolute atomic E-state index is 0.0347. The van der Waals surface area contributed by atoms with Crippen molar-refractivity contribution >= 4 is 28.4 Å². The molecular weight excluding hydrogens is 304 g/mol. The molecule has 0 unspecified atom stereocenters. The molecule has 0 aliphatic carbocycles. The minimum Gasteiger partial charge on any atom is -0.383 e. The molecule has 0 aliphatic rings. The third-order valence-corrected chi connectivity index (χ3v) is 3.75. The Morgan fingerprint density at radius 3 is 2.83 bits per heavy atom. The van der Waals surface area contributed by atoms with Gasteiger partial charge in [-0.2, -0.15) is 5.10 Å². The van der Waals surface area contributed by atoms with Gasteiger partial charge in [-0.3, -0.25) is 4.79 Å². The molecule has 0 atom stereocenters. The second kappa shape index (κ2) is 6.27. The number of carbonyl (C=O) groups is 1. The highest BCUT2D eigenvalue weighted by Gasteiger charge is 2.18. The molecule has 0 saturated carbocycles. The third kappa shape index (κ3) is 2.80. The molecule has 7 nitrogen and oxygen atoms in total. The van der Waals surface area contributed by atoms with E-state index in [-0.39, 0.29) is 11.9 Å². The van der Waals surface area contributed by atoms with Crippen molar-refractivity contribution in [3.63, 3.8) is 0 Å². The maximum atomic E-state index is 11.6. The van der Waals surface area contributed by atoms with Gasteiger partial charge in [-0.15, -0.1) is 0 Å². The van der Waals surface area contributed by atoms with Crippen molar-refractivity contribution in [2.45, 2.75) is 33.2 Å². The number of nitrogens with zero attached hydrogens (tertiary/aromatic N) is 4. The van der Waals surface area contributed by atoms with Crippen molar-refractivity contribution in [3.05, 3.63) is 30.6 Å². The van der Waals surface area contributed by atoms with E-state index in [9.17, 15) is 4.79 Å². The van der Waals surface area contributed by atoms with Crippen LogP contribution in [0.25, 0.3) is 22.3 Å². The second-order valence-electron chi connectivity index (χ2n) is 5.83. The fraction of sp³-hybridized carbons (Fsp3) is 0.294. The predicted octanol–water partition coefficient (Wildman–Crippen LogP) is 3.00. The van der Waals surface area contributed by atoms with Crippen LogP contribution in [0.5, 0.6) is 0 Å². The number of rotatable bonds is 4. The Kier molecular flexibility index (Phi) is 4.16. The first-order valence-corrected chi connectivity index (χ1v) is 7.90. The molecule has 1 aromatic carbocycles. The van der Waals surface area contributed by atoms with Gasteiger partial charge in [0.25, 0.3) is 0 Å². The molecule has 3 rings (SSSR count). The number of fused-ring (bicyclic) bond motifs is 1. The first-order chi connectivity index (χ1) is 11.5. The van der Waals surface area contributed by atoms with Gasteiger partial charge in [-0.05, 0) is 26.0 Å². The van der Waals surface area contributed by atoms with Gasteiger partial charge in [0.2, 0.25) is 5.91 Å². The van der Waals surface area contributed by atoms with E-state index in [1.807, 2.05) is 49.7 Å². The van der Waals surface area contributed by atoms with Crippen molar-refractivity contribution in [1.29, 1.82) is 0 Å². The van der Waals surface area contributed by atoms with Crippen molar-refractivity contribution in [2.75, 3.05) is 11.1 Å². The molecule has 2 heterocycles. The van der Waals surface area contributed by atoms with Crippen LogP contribution in [-0.2, 0) is 4.79 Å². The largest absolute Gasteiger partial charge is 0.383 e. The molecule has 0 spiro atoms. The Morgan fingerprint density at radius 1 is 1.33 bits per heavy atom. The van der Waals surface area contributed by atoms with Gasteiger partial charge in [-0.25, -0.2) is 14.6 Å². The van der Waals surface area contributed by atoms with Crippen LogP contribution in [-0.4, -0.2) is 25.7 Å². The van der Waals surface area contributed by atoms with Gasteiger partial charge in [0, 0.05) is 23.7 Å². The van der Waals surface area contributed by atoms with E-state index >= 15 is 0 Å². The summed E-state index contributed by atoms with van der Waals surface area (Å²) in [6, 6.07) is 7.67. The number of amides is 1. The molecule has 1 amide bonds. The fourth-order valence-electron chi connectivity index (χ4n) is 2.55. The van der Waals surface area contributed by atoms with Crippen molar-refractivity contribution in [1.82, 2.24) is 19.7 Å². The number of nitrogen functional groups attached to an aromatic ring is 1. The highest BCUT2D eigenvalue weighted by atomic mass is 16.1. The van der Waals surface area contributed by atoms with Crippen LogP contribution in [0.3, 0.4) is 0 Å². The lowest BCUT2D eigenvalue weighted by Crippen LogP contribution is -2.09. The lowest BCUT2D eigenvalue weighted by molar-refractivity contribution is -0.115. The van der Waals surface area contributed by atoms with Crippen LogP contribution < -0.4 is 11.1 Å². The minimum atomic E-state index is -0.0347. The summed E-state index contributed by atoms with van der Waals surface area (Å²) < 4.78 is 1.83. The standard InChI is InChI=1S/C17H20N6O/c1-4-13(24)21-12-7-5-6-11(8-12)15-14-16(18)19-9-20-17(14)23(22-15)10(2)3/h5-10H,4H2,1-3H3,(H,21,24)(H2,18,19,20). The summed E-state index contributed by atoms with van der Waals surface area (Å²) in [6.07, 6.45) is 1.87. The Morgan fingerprint density at radius 2 is 2.12 bits per heavy atom. The monoisotopic (exact) mass is 324 g/mol. The lowest BCUT2D eigenvalue weighted by Gasteiger charge is -2.06. The normalized spacial score (nSPS) is 11.2. The topological polar surface area (TPSA) is 98.7 Å². The zero-order chi connectivity index (χ0) is 17.3. The first kappa shape index (κ1) is 15.9. The van der Waals surface area contributed by atoms with E-state index in [0.717, 1.165) is 16.6 Å². The number of aromatic nitrogens is 4. The molecule has 0 fully saturated rings. The maximum Gasteiger partial charge on any atom is 0.224 e. The molecule has 0 radical (unpaired) electrons. The highest BCUT2D eigenvalue weighted by molar-refractivity contribution is 5.99. The molecule has 124 valence electrons. The molecule has 0 aliphatic heterocycles. The van der Waals surface area contributed by atoms with Crippen LogP contribution in [0, 0.1) is 0 Å².